The van der Waals surface area contributed by atoms with Gasteiger partial charge in [0.2, 0.25) is 0 Å². The topological polar surface area (TPSA) is 47.8 Å². The second-order valence-corrected chi connectivity index (χ2v) is 4.17. The van der Waals surface area contributed by atoms with E-state index in [1.165, 1.54) is 12.5 Å². The molecule has 2 aromatic heterocycles. The Kier molecular flexibility index (Phi) is 3.46. The highest BCUT2D eigenvalue weighted by molar-refractivity contribution is 9.10. The molecule has 0 saturated carbocycles. The predicted octanol–water partition coefficient (Wildman–Crippen LogP) is 1.64. The molecule has 0 unspecified atom stereocenters. The van der Waals surface area contributed by atoms with E-state index in [9.17, 15) is 4.79 Å². The maximum Gasteiger partial charge on any atom is 0.267 e. The molecule has 0 radical (unpaired) electrons. The monoisotopic (exact) mass is 279 g/mol. The Hall–Kier alpha value is -1.49. The summed E-state index contributed by atoms with van der Waals surface area (Å²) < 4.78 is 2.05. The van der Waals surface area contributed by atoms with Gasteiger partial charge in [-0.1, -0.05) is 6.07 Å². The second-order valence-electron chi connectivity index (χ2n) is 3.31. The summed E-state index contributed by atoms with van der Waals surface area (Å²) in [7, 11) is 0. The molecule has 16 heavy (non-hydrogen) atoms. The van der Waals surface area contributed by atoms with E-state index in [0.717, 1.165) is 12.1 Å². The first-order chi connectivity index (χ1) is 7.77. The number of rotatable bonds is 3. The van der Waals surface area contributed by atoms with Crippen LogP contribution in [0.4, 0.5) is 0 Å². The first-order valence-corrected chi connectivity index (χ1v) is 5.66. The van der Waals surface area contributed by atoms with Crippen LogP contribution < -0.4 is 5.56 Å². The van der Waals surface area contributed by atoms with Crippen LogP contribution in [-0.4, -0.2) is 14.5 Å². The molecule has 0 bridgehead atoms. The Morgan fingerprint density at radius 3 is 3.00 bits per heavy atom. The van der Waals surface area contributed by atoms with Gasteiger partial charge in [-0.25, -0.2) is 4.98 Å². The number of aromatic nitrogens is 3. The van der Waals surface area contributed by atoms with E-state index in [-0.39, 0.29) is 5.56 Å². The Labute approximate surface area is 101 Å². The standard InChI is InChI=1S/C11H10BrN3O/c12-10-7-13-8-15(11(10)16)6-4-9-3-1-2-5-14-9/h1-3,5,7-8H,4,6H2. The van der Waals surface area contributed by atoms with Crippen molar-refractivity contribution in [2.24, 2.45) is 0 Å². The molecule has 0 aliphatic rings. The van der Waals surface area contributed by atoms with Crippen molar-refractivity contribution in [2.45, 2.75) is 13.0 Å². The van der Waals surface area contributed by atoms with Gasteiger partial charge < -0.3 is 0 Å². The van der Waals surface area contributed by atoms with Crippen molar-refractivity contribution in [3.63, 3.8) is 0 Å². The van der Waals surface area contributed by atoms with Gasteiger partial charge in [-0.05, 0) is 28.1 Å². The lowest BCUT2D eigenvalue weighted by Crippen LogP contribution is -2.21. The van der Waals surface area contributed by atoms with E-state index >= 15 is 0 Å². The van der Waals surface area contributed by atoms with Crippen LogP contribution in [0.3, 0.4) is 0 Å². The smallest absolute Gasteiger partial charge is 0.267 e. The van der Waals surface area contributed by atoms with E-state index in [1.807, 2.05) is 18.2 Å². The fourth-order valence-electron chi connectivity index (χ4n) is 1.36. The zero-order chi connectivity index (χ0) is 11.4. The third-order valence-electron chi connectivity index (χ3n) is 2.19. The lowest BCUT2D eigenvalue weighted by atomic mass is 10.3. The first-order valence-electron chi connectivity index (χ1n) is 4.87. The number of pyridine rings is 1. The minimum Gasteiger partial charge on any atom is -0.298 e. The van der Waals surface area contributed by atoms with Crippen LogP contribution >= 0.6 is 15.9 Å². The van der Waals surface area contributed by atoms with Crippen molar-refractivity contribution < 1.29 is 0 Å². The normalized spacial score (nSPS) is 10.3. The molecule has 0 N–H and O–H groups in total. The molecule has 82 valence electrons. The molecule has 5 heteroatoms. The molecule has 4 nitrogen and oxygen atoms in total. The summed E-state index contributed by atoms with van der Waals surface area (Å²) in [5.41, 5.74) is 0.903. The minimum absolute atomic E-state index is 0.0640. The Morgan fingerprint density at radius 1 is 1.38 bits per heavy atom. The van der Waals surface area contributed by atoms with Crippen molar-refractivity contribution in [2.75, 3.05) is 0 Å². The highest BCUT2D eigenvalue weighted by Crippen LogP contribution is 2.00. The Morgan fingerprint density at radius 2 is 2.25 bits per heavy atom. The molecule has 0 fully saturated rings. The van der Waals surface area contributed by atoms with Gasteiger partial charge >= 0.3 is 0 Å². The average molecular weight is 280 g/mol. The fourth-order valence-corrected chi connectivity index (χ4v) is 1.71. The number of hydrogen-bond acceptors (Lipinski definition) is 3. The van der Waals surface area contributed by atoms with Crippen molar-refractivity contribution in [3.8, 4) is 0 Å². The molecule has 0 spiro atoms. The summed E-state index contributed by atoms with van der Waals surface area (Å²) in [5.74, 6) is 0. The van der Waals surface area contributed by atoms with Gasteiger partial charge in [-0.2, -0.15) is 0 Å². The SMILES string of the molecule is O=c1c(Br)cncn1CCc1ccccn1. The van der Waals surface area contributed by atoms with Crippen molar-refractivity contribution in [3.05, 3.63) is 57.4 Å². The molecule has 2 aromatic rings. The second kappa shape index (κ2) is 5.03. The summed E-state index contributed by atoms with van der Waals surface area (Å²) in [6.07, 6.45) is 5.51. The Bertz CT molecular complexity index is 524. The minimum atomic E-state index is -0.0640. The van der Waals surface area contributed by atoms with Crippen molar-refractivity contribution in [1.82, 2.24) is 14.5 Å². The third kappa shape index (κ3) is 2.55. The number of hydrogen-bond donors (Lipinski definition) is 0. The molecular weight excluding hydrogens is 270 g/mol. The lowest BCUT2D eigenvalue weighted by molar-refractivity contribution is 0.643. The third-order valence-corrected chi connectivity index (χ3v) is 2.74. The number of aryl methyl sites for hydroxylation is 2. The summed E-state index contributed by atoms with van der Waals surface area (Å²) in [4.78, 5) is 19.8. The highest BCUT2D eigenvalue weighted by Gasteiger charge is 2.01. The summed E-state index contributed by atoms with van der Waals surface area (Å²) in [6, 6.07) is 5.75. The molecule has 0 aliphatic carbocycles. The highest BCUT2D eigenvalue weighted by atomic mass is 79.9. The lowest BCUT2D eigenvalue weighted by Gasteiger charge is -2.04. The summed E-state index contributed by atoms with van der Waals surface area (Å²) >= 11 is 3.16. The summed E-state index contributed by atoms with van der Waals surface area (Å²) in [6.45, 7) is 0.586. The van der Waals surface area contributed by atoms with Crippen molar-refractivity contribution in [1.29, 1.82) is 0 Å². The van der Waals surface area contributed by atoms with E-state index in [2.05, 4.69) is 25.9 Å². The Balaban J connectivity index is 2.11. The fraction of sp³-hybridized carbons (Fsp3) is 0.182. The first kappa shape index (κ1) is 11.0. The predicted molar refractivity (Wildman–Crippen MR) is 64.1 cm³/mol. The molecule has 0 aromatic carbocycles. The van der Waals surface area contributed by atoms with Crippen LogP contribution in [0.25, 0.3) is 0 Å². The zero-order valence-corrected chi connectivity index (χ0v) is 10.1. The van der Waals surface area contributed by atoms with Crippen molar-refractivity contribution >= 4 is 15.9 Å². The van der Waals surface area contributed by atoms with E-state index in [1.54, 1.807) is 10.8 Å². The van der Waals surface area contributed by atoms with Gasteiger partial charge in [-0.3, -0.25) is 14.3 Å². The van der Waals surface area contributed by atoms with E-state index < -0.39 is 0 Å². The van der Waals surface area contributed by atoms with Gasteiger partial charge in [-0.15, -0.1) is 0 Å². The van der Waals surface area contributed by atoms with Gasteiger partial charge in [0, 0.05) is 31.1 Å². The van der Waals surface area contributed by atoms with Crippen LogP contribution in [-0.2, 0) is 13.0 Å². The molecule has 0 aliphatic heterocycles. The van der Waals surface area contributed by atoms with Crippen LogP contribution in [0.15, 0.2) is 46.2 Å². The molecule has 0 amide bonds. The molecular formula is C11H10BrN3O. The molecule has 2 heterocycles. The van der Waals surface area contributed by atoms with Crippen LogP contribution in [0.5, 0.6) is 0 Å². The maximum atomic E-state index is 11.6. The van der Waals surface area contributed by atoms with Gasteiger partial charge in [0.25, 0.3) is 5.56 Å². The van der Waals surface area contributed by atoms with E-state index in [0.29, 0.717) is 11.0 Å². The zero-order valence-electron chi connectivity index (χ0n) is 8.51. The molecule has 2 rings (SSSR count). The van der Waals surface area contributed by atoms with Crippen LogP contribution in [0.2, 0.25) is 0 Å². The van der Waals surface area contributed by atoms with Crippen LogP contribution in [0, 0.1) is 0 Å². The summed E-state index contributed by atoms with van der Waals surface area (Å²) in [5, 5.41) is 0. The molecule has 0 saturated heterocycles. The van der Waals surface area contributed by atoms with Gasteiger partial charge in [0.15, 0.2) is 0 Å². The maximum absolute atomic E-state index is 11.6. The quantitative estimate of drug-likeness (QED) is 0.858. The van der Waals surface area contributed by atoms with E-state index in [4.69, 9.17) is 0 Å². The number of halogens is 1. The van der Waals surface area contributed by atoms with Gasteiger partial charge in [0.1, 0.15) is 4.47 Å². The molecule has 0 atom stereocenters. The van der Waals surface area contributed by atoms with Gasteiger partial charge in [0.05, 0.1) is 6.33 Å². The largest absolute Gasteiger partial charge is 0.298 e. The van der Waals surface area contributed by atoms with Crippen LogP contribution in [0.1, 0.15) is 5.69 Å². The average Bonchev–Trinajstić information content (AvgIpc) is 2.32. The number of nitrogens with zero attached hydrogens (tertiary/aromatic N) is 3.